The van der Waals surface area contributed by atoms with Gasteiger partial charge in [0.1, 0.15) is 6.61 Å². The highest BCUT2D eigenvalue weighted by Gasteiger charge is 2.19. The molecular weight excluding hydrogens is 246 g/mol. The van der Waals surface area contributed by atoms with Gasteiger partial charge in [-0.05, 0) is 26.3 Å². The van der Waals surface area contributed by atoms with Crippen LogP contribution in [0.15, 0.2) is 11.4 Å². The first kappa shape index (κ1) is 14.7. The Morgan fingerprint density at radius 2 is 2.28 bits per heavy atom. The third-order valence-electron chi connectivity index (χ3n) is 2.86. The van der Waals surface area contributed by atoms with E-state index in [-0.39, 0.29) is 18.6 Å². The molecule has 1 N–H and O–H groups in total. The molecule has 18 heavy (non-hydrogen) atoms. The molecule has 1 unspecified atom stereocenters. The van der Waals surface area contributed by atoms with E-state index in [9.17, 15) is 4.79 Å². The second-order valence-electron chi connectivity index (χ2n) is 4.01. The van der Waals surface area contributed by atoms with Gasteiger partial charge in [-0.15, -0.1) is 11.3 Å². The minimum Gasteiger partial charge on any atom is -0.384 e. The Balaban J connectivity index is 2.86. The molecular formula is C14H19NO2S. The smallest absolute Gasteiger partial charge is 0.254 e. The van der Waals surface area contributed by atoms with Crippen molar-refractivity contribution in [2.45, 2.75) is 33.2 Å². The van der Waals surface area contributed by atoms with Crippen molar-refractivity contribution in [1.29, 1.82) is 0 Å². The molecule has 0 aliphatic rings. The van der Waals surface area contributed by atoms with E-state index in [0.29, 0.717) is 12.1 Å². The molecule has 0 aliphatic carbocycles. The van der Waals surface area contributed by atoms with Crippen LogP contribution in [0.25, 0.3) is 0 Å². The van der Waals surface area contributed by atoms with E-state index >= 15 is 0 Å². The van der Waals surface area contributed by atoms with Crippen LogP contribution in [-0.2, 0) is 0 Å². The predicted octanol–water partition coefficient (Wildman–Crippen LogP) is 2.35. The van der Waals surface area contributed by atoms with Crippen LogP contribution < -0.4 is 0 Å². The number of hydrogen-bond donors (Lipinski definition) is 1. The number of nitrogens with zero attached hydrogens (tertiary/aromatic N) is 1. The lowest BCUT2D eigenvalue weighted by molar-refractivity contribution is 0.0700. The van der Waals surface area contributed by atoms with Crippen LogP contribution in [0, 0.1) is 11.8 Å². The molecule has 0 spiro atoms. The summed E-state index contributed by atoms with van der Waals surface area (Å²) in [4.78, 5) is 15.0. The maximum absolute atomic E-state index is 12.3. The Bertz CT molecular complexity index is 456. The van der Waals surface area contributed by atoms with E-state index in [1.807, 2.05) is 17.2 Å². The quantitative estimate of drug-likeness (QED) is 0.849. The summed E-state index contributed by atoms with van der Waals surface area (Å²) < 4.78 is 0. The van der Waals surface area contributed by atoms with Crippen LogP contribution in [-0.4, -0.2) is 35.1 Å². The summed E-state index contributed by atoms with van der Waals surface area (Å²) in [7, 11) is 0. The lowest BCUT2D eigenvalue weighted by Gasteiger charge is -2.26. The van der Waals surface area contributed by atoms with Gasteiger partial charge in [0.05, 0.1) is 10.4 Å². The minimum absolute atomic E-state index is 0.0557. The van der Waals surface area contributed by atoms with Gasteiger partial charge in [-0.1, -0.05) is 18.8 Å². The molecule has 1 atom stereocenters. The van der Waals surface area contributed by atoms with Gasteiger partial charge in [0, 0.05) is 18.0 Å². The van der Waals surface area contributed by atoms with Crippen LogP contribution in [0.2, 0.25) is 0 Å². The molecule has 1 aromatic heterocycles. The number of aliphatic hydroxyl groups is 1. The Kier molecular flexibility index (Phi) is 5.90. The Hall–Kier alpha value is -1.31. The van der Waals surface area contributed by atoms with Crippen molar-refractivity contribution in [2.24, 2.45) is 0 Å². The molecule has 1 aromatic rings. The Labute approximate surface area is 112 Å². The second kappa shape index (κ2) is 7.20. The number of carbonyl (C=O) groups excluding carboxylic acids is 1. The zero-order chi connectivity index (χ0) is 13.5. The molecule has 0 radical (unpaired) electrons. The maximum atomic E-state index is 12.3. The zero-order valence-electron chi connectivity index (χ0n) is 11.1. The highest BCUT2D eigenvalue weighted by molar-refractivity contribution is 7.10. The van der Waals surface area contributed by atoms with Gasteiger partial charge in [-0.2, -0.15) is 0 Å². The lowest BCUT2D eigenvalue weighted by atomic mass is 10.2. The van der Waals surface area contributed by atoms with Crippen LogP contribution in [0.5, 0.6) is 0 Å². The average Bonchev–Trinajstić information content (AvgIpc) is 2.85. The van der Waals surface area contributed by atoms with Crippen molar-refractivity contribution in [1.82, 2.24) is 4.90 Å². The number of thiophene rings is 1. The third-order valence-corrected chi connectivity index (χ3v) is 3.71. The lowest BCUT2D eigenvalue weighted by Crippen LogP contribution is -2.37. The summed E-state index contributed by atoms with van der Waals surface area (Å²) in [5.74, 6) is 5.46. The molecule has 0 saturated carbocycles. The van der Waals surface area contributed by atoms with Gasteiger partial charge in [0.2, 0.25) is 0 Å². The molecule has 0 aliphatic heterocycles. The first-order valence-corrected chi connectivity index (χ1v) is 7.01. The number of hydrogen-bond acceptors (Lipinski definition) is 3. The van der Waals surface area contributed by atoms with Crippen LogP contribution in [0.4, 0.5) is 0 Å². The number of aliphatic hydroxyl groups excluding tert-OH is 1. The van der Waals surface area contributed by atoms with Crippen LogP contribution in [0.1, 0.15) is 42.4 Å². The first-order chi connectivity index (χ1) is 8.63. The summed E-state index contributed by atoms with van der Waals surface area (Å²) in [6, 6.07) is 2.04. The van der Waals surface area contributed by atoms with E-state index in [2.05, 4.69) is 25.7 Å². The molecule has 1 amide bonds. The van der Waals surface area contributed by atoms with E-state index in [1.54, 1.807) is 6.07 Å². The summed E-state index contributed by atoms with van der Waals surface area (Å²) in [6.45, 7) is 6.67. The fraction of sp³-hybridized carbons (Fsp3) is 0.500. The van der Waals surface area contributed by atoms with Crippen molar-refractivity contribution in [3.63, 3.8) is 0 Å². The van der Waals surface area contributed by atoms with Crippen molar-refractivity contribution < 1.29 is 9.90 Å². The molecule has 0 saturated heterocycles. The van der Waals surface area contributed by atoms with E-state index in [0.717, 1.165) is 11.3 Å². The predicted molar refractivity (Wildman–Crippen MR) is 74.7 cm³/mol. The fourth-order valence-corrected chi connectivity index (χ4v) is 2.43. The molecule has 98 valence electrons. The Morgan fingerprint density at radius 1 is 1.56 bits per heavy atom. The van der Waals surface area contributed by atoms with Crippen LogP contribution in [0.3, 0.4) is 0 Å². The van der Waals surface area contributed by atoms with Gasteiger partial charge in [-0.3, -0.25) is 4.79 Å². The van der Waals surface area contributed by atoms with Gasteiger partial charge < -0.3 is 10.0 Å². The van der Waals surface area contributed by atoms with Crippen molar-refractivity contribution in [2.75, 3.05) is 13.2 Å². The minimum atomic E-state index is -0.158. The maximum Gasteiger partial charge on any atom is 0.254 e. The molecule has 0 bridgehead atoms. The number of rotatable bonds is 4. The molecule has 0 aromatic carbocycles. The van der Waals surface area contributed by atoms with E-state index in [4.69, 9.17) is 5.11 Å². The monoisotopic (exact) mass is 265 g/mol. The molecule has 4 heteroatoms. The summed E-state index contributed by atoms with van der Waals surface area (Å²) in [6.07, 6.45) is 0.945. The van der Waals surface area contributed by atoms with Crippen molar-refractivity contribution in [3.05, 3.63) is 21.9 Å². The normalized spacial score (nSPS) is 11.6. The topological polar surface area (TPSA) is 40.5 Å². The van der Waals surface area contributed by atoms with E-state index in [1.165, 1.54) is 11.3 Å². The first-order valence-electron chi connectivity index (χ1n) is 6.13. The Morgan fingerprint density at radius 3 is 2.83 bits per heavy atom. The van der Waals surface area contributed by atoms with Crippen LogP contribution >= 0.6 is 11.3 Å². The molecule has 1 heterocycles. The summed E-state index contributed by atoms with van der Waals surface area (Å²) in [5.41, 5.74) is 0.685. The second-order valence-corrected chi connectivity index (χ2v) is 4.92. The summed E-state index contributed by atoms with van der Waals surface area (Å²) in [5, 5.41) is 10.5. The van der Waals surface area contributed by atoms with Gasteiger partial charge in [-0.25, -0.2) is 0 Å². The fourth-order valence-electron chi connectivity index (χ4n) is 1.68. The van der Waals surface area contributed by atoms with Gasteiger partial charge >= 0.3 is 0 Å². The zero-order valence-corrected chi connectivity index (χ0v) is 11.9. The highest BCUT2D eigenvalue weighted by Crippen LogP contribution is 2.17. The third kappa shape index (κ3) is 3.59. The molecule has 3 nitrogen and oxygen atoms in total. The van der Waals surface area contributed by atoms with Crippen molar-refractivity contribution in [3.8, 4) is 11.8 Å². The SMILES string of the molecule is CCC(C)N(CC)C(=O)c1csc(C#CCO)c1. The van der Waals surface area contributed by atoms with Crippen molar-refractivity contribution >= 4 is 17.2 Å². The number of carbonyl (C=O) groups is 1. The van der Waals surface area contributed by atoms with Gasteiger partial charge in [0.15, 0.2) is 0 Å². The standard InChI is InChI=1S/C14H19NO2S/c1-4-11(3)15(5-2)14(17)12-9-13(18-10-12)7-6-8-16/h9-11,16H,4-5,8H2,1-3H3. The summed E-state index contributed by atoms with van der Waals surface area (Å²) >= 11 is 1.43. The van der Waals surface area contributed by atoms with Gasteiger partial charge in [0.25, 0.3) is 5.91 Å². The molecule has 1 rings (SSSR count). The highest BCUT2D eigenvalue weighted by atomic mass is 32.1. The number of amides is 1. The van der Waals surface area contributed by atoms with E-state index < -0.39 is 0 Å². The molecule has 0 fully saturated rings. The average molecular weight is 265 g/mol. The largest absolute Gasteiger partial charge is 0.384 e.